The van der Waals surface area contributed by atoms with Gasteiger partial charge in [0, 0.05) is 9.75 Å². The van der Waals surface area contributed by atoms with Crippen LogP contribution in [0.2, 0.25) is 12.1 Å². The summed E-state index contributed by atoms with van der Waals surface area (Å²) in [6, 6.07) is 7.86. The Morgan fingerprint density at radius 2 is 1.41 bits per heavy atom. The smallest absolute Gasteiger partial charge is 0.122 e. The molecule has 2 aromatic heterocycles. The molecule has 3 atom stereocenters. The minimum Gasteiger partial charge on any atom is -0.149 e. The average Bonchev–Trinajstić information content (AvgIpc) is 2.99. The van der Waals surface area contributed by atoms with E-state index in [1.54, 1.807) is 20.1 Å². The van der Waals surface area contributed by atoms with Crippen molar-refractivity contribution in [1.29, 1.82) is 0 Å². The maximum Gasteiger partial charge on any atom is 0.122 e. The first-order chi connectivity index (χ1) is 8.22. The van der Waals surface area contributed by atoms with Crippen LogP contribution >= 0.6 is 22.7 Å². The lowest BCUT2D eigenvalue weighted by Gasteiger charge is -2.22. The van der Waals surface area contributed by atoms with Crippen LogP contribution < -0.4 is 10.4 Å². The minimum absolute atomic E-state index is 0.815. The molecule has 17 heavy (non-hydrogen) atoms. The molecule has 0 saturated heterocycles. The van der Waals surface area contributed by atoms with Crippen molar-refractivity contribution in [2.45, 2.75) is 37.8 Å². The molecule has 2 aliphatic heterocycles. The quantitative estimate of drug-likeness (QED) is 0.645. The number of rotatable bonds is 0. The number of fused-ring (bicyclic) bond motifs is 4. The van der Waals surface area contributed by atoms with Crippen molar-refractivity contribution in [3.63, 3.8) is 0 Å². The van der Waals surface area contributed by atoms with E-state index in [2.05, 4.69) is 36.7 Å². The van der Waals surface area contributed by atoms with Gasteiger partial charge >= 0.3 is 0 Å². The maximum atomic E-state index is 2.45. The zero-order valence-electron chi connectivity index (χ0n) is 10.2. The molecule has 0 nitrogen and oxygen atoms in total. The van der Waals surface area contributed by atoms with Gasteiger partial charge in [-0.25, -0.2) is 0 Å². The van der Waals surface area contributed by atoms with Gasteiger partial charge in [0.25, 0.3) is 0 Å². The van der Waals surface area contributed by atoms with Gasteiger partial charge in [0.05, 0.1) is 0 Å². The SMILES string of the molecule is C[C@@H]1C[Si]2(C[C@H](C)c3sccc32)c2ccsc21. The van der Waals surface area contributed by atoms with Gasteiger partial charge in [0.1, 0.15) is 8.07 Å². The van der Waals surface area contributed by atoms with E-state index in [0.29, 0.717) is 0 Å². The fourth-order valence-electron chi connectivity index (χ4n) is 4.09. The molecule has 4 heterocycles. The Hall–Kier alpha value is -0.383. The predicted molar refractivity (Wildman–Crippen MR) is 80.1 cm³/mol. The van der Waals surface area contributed by atoms with Gasteiger partial charge in [-0.3, -0.25) is 0 Å². The van der Waals surface area contributed by atoms with Gasteiger partial charge in [-0.2, -0.15) is 0 Å². The third kappa shape index (κ3) is 1.18. The van der Waals surface area contributed by atoms with Gasteiger partial charge in [0.15, 0.2) is 0 Å². The van der Waals surface area contributed by atoms with Gasteiger partial charge in [-0.1, -0.05) is 26.0 Å². The van der Waals surface area contributed by atoms with Crippen LogP contribution in [0.3, 0.4) is 0 Å². The van der Waals surface area contributed by atoms with Crippen molar-refractivity contribution in [1.82, 2.24) is 0 Å². The second-order valence-corrected chi connectivity index (χ2v) is 11.6. The summed E-state index contributed by atoms with van der Waals surface area (Å²) in [5.74, 6) is 1.63. The number of thiophene rings is 2. The Morgan fingerprint density at radius 3 is 1.88 bits per heavy atom. The van der Waals surface area contributed by atoms with Crippen molar-refractivity contribution in [3.8, 4) is 0 Å². The van der Waals surface area contributed by atoms with Crippen LogP contribution in [0.4, 0.5) is 0 Å². The molecule has 0 saturated carbocycles. The van der Waals surface area contributed by atoms with Crippen LogP contribution in [0.5, 0.6) is 0 Å². The largest absolute Gasteiger partial charge is 0.149 e. The Kier molecular flexibility index (Phi) is 2.07. The third-order valence-corrected chi connectivity index (χ3v) is 12.8. The molecule has 0 fully saturated rings. The van der Waals surface area contributed by atoms with E-state index in [1.165, 1.54) is 12.1 Å². The Labute approximate surface area is 111 Å². The van der Waals surface area contributed by atoms with Crippen LogP contribution in [0.15, 0.2) is 22.9 Å². The first kappa shape index (κ1) is 10.5. The summed E-state index contributed by atoms with van der Waals surface area (Å²) in [6.45, 7) is 4.87. The summed E-state index contributed by atoms with van der Waals surface area (Å²) >= 11 is 4.00. The van der Waals surface area contributed by atoms with E-state index in [9.17, 15) is 0 Å². The number of hydrogen-bond acceptors (Lipinski definition) is 2. The van der Waals surface area contributed by atoms with E-state index in [0.717, 1.165) is 11.8 Å². The summed E-state index contributed by atoms with van der Waals surface area (Å²) in [6.07, 6.45) is 0. The van der Waals surface area contributed by atoms with Gasteiger partial charge < -0.3 is 0 Å². The Balaban J connectivity index is 1.98. The highest BCUT2D eigenvalue weighted by atomic mass is 32.1. The van der Waals surface area contributed by atoms with Crippen molar-refractivity contribution in [2.75, 3.05) is 0 Å². The molecule has 0 aromatic carbocycles. The monoisotopic (exact) mass is 276 g/mol. The zero-order chi connectivity index (χ0) is 11.6. The lowest BCUT2D eigenvalue weighted by Crippen LogP contribution is -2.52. The van der Waals surface area contributed by atoms with Gasteiger partial charge in [-0.05, 0) is 45.1 Å². The molecule has 2 aliphatic rings. The molecule has 1 spiro atoms. The summed E-state index contributed by atoms with van der Waals surface area (Å²) in [7, 11) is -1.31. The summed E-state index contributed by atoms with van der Waals surface area (Å²) < 4.78 is 0. The predicted octanol–water partition coefficient (Wildman–Crippen LogP) is 3.61. The molecule has 4 rings (SSSR count). The highest BCUT2D eigenvalue weighted by molar-refractivity contribution is 7.19. The molecule has 2 aromatic rings. The van der Waals surface area contributed by atoms with Gasteiger partial charge in [0.2, 0.25) is 0 Å². The topological polar surface area (TPSA) is 0 Å². The molecular formula is C14H16S2Si. The van der Waals surface area contributed by atoms with Crippen LogP contribution in [0, 0.1) is 0 Å². The summed E-state index contributed by atoms with van der Waals surface area (Å²) in [5, 5.41) is 8.23. The molecule has 0 bridgehead atoms. The molecule has 0 aliphatic carbocycles. The minimum atomic E-state index is -1.31. The van der Waals surface area contributed by atoms with Crippen LogP contribution in [0.25, 0.3) is 0 Å². The van der Waals surface area contributed by atoms with Crippen molar-refractivity contribution < 1.29 is 0 Å². The van der Waals surface area contributed by atoms with E-state index in [1.807, 2.05) is 22.7 Å². The standard InChI is InChI=1S/C14H16S2Si/c1-9-7-17(11-3-5-15-13(9)11)8-10(2)14-12(17)4-6-16-14/h3-6,9-10H,7-8H2,1-2H3/t9-,10+,17?. The van der Waals surface area contributed by atoms with E-state index >= 15 is 0 Å². The lowest BCUT2D eigenvalue weighted by molar-refractivity contribution is 0.869. The Morgan fingerprint density at radius 1 is 0.941 bits per heavy atom. The fraction of sp³-hybridized carbons (Fsp3) is 0.429. The van der Waals surface area contributed by atoms with Crippen molar-refractivity contribution >= 4 is 41.1 Å². The maximum absolute atomic E-state index is 2.45. The highest BCUT2D eigenvalue weighted by Gasteiger charge is 2.52. The normalized spacial score (nSPS) is 34.2. The van der Waals surface area contributed by atoms with E-state index in [4.69, 9.17) is 0 Å². The third-order valence-electron chi connectivity index (χ3n) is 4.63. The fourth-order valence-corrected chi connectivity index (χ4v) is 14.0. The summed E-state index contributed by atoms with van der Waals surface area (Å²) in [5.41, 5.74) is 0. The molecule has 0 amide bonds. The molecule has 3 heteroatoms. The van der Waals surface area contributed by atoms with Crippen LogP contribution in [-0.2, 0) is 0 Å². The molecule has 88 valence electrons. The Bertz CT molecular complexity index is 528. The average molecular weight is 277 g/mol. The second-order valence-electron chi connectivity index (χ2n) is 5.69. The second kappa shape index (κ2) is 3.34. The molecule has 1 unspecified atom stereocenters. The molecule has 0 radical (unpaired) electrons. The van der Waals surface area contributed by atoms with E-state index in [-0.39, 0.29) is 0 Å². The molecular weight excluding hydrogens is 260 g/mol. The van der Waals surface area contributed by atoms with Crippen molar-refractivity contribution in [3.05, 3.63) is 32.6 Å². The molecule has 0 N–H and O–H groups in total. The van der Waals surface area contributed by atoms with E-state index < -0.39 is 8.07 Å². The highest BCUT2D eigenvalue weighted by Crippen LogP contribution is 2.46. The van der Waals surface area contributed by atoms with Crippen LogP contribution in [-0.4, -0.2) is 8.07 Å². The van der Waals surface area contributed by atoms with Crippen molar-refractivity contribution in [2.24, 2.45) is 0 Å². The summed E-state index contributed by atoms with van der Waals surface area (Å²) in [4.78, 5) is 3.42. The first-order valence-electron chi connectivity index (χ1n) is 6.38. The first-order valence-corrected chi connectivity index (χ1v) is 10.6. The zero-order valence-corrected chi connectivity index (χ0v) is 12.8. The van der Waals surface area contributed by atoms with Crippen LogP contribution in [0.1, 0.15) is 35.4 Å². The lowest BCUT2D eigenvalue weighted by atomic mass is 10.2. The number of hydrogen-bond donors (Lipinski definition) is 0. The van der Waals surface area contributed by atoms with Gasteiger partial charge in [-0.15, -0.1) is 22.7 Å².